The molecule has 1 aliphatic heterocycles. The first kappa shape index (κ1) is 16.4. The van der Waals surface area contributed by atoms with Crippen molar-refractivity contribution >= 4 is 5.91 Å². The number of methoxy groups -OCH3 is 1. The van der Waals surface area contributed by atoms with E-state index in [9.17, 15) is 9.90 Å². The van der Waals surface area contributed by atoms with Crippen molar-refractivity contribution in [1.29, 1.82) is 0 Å². The lowest BCUT2D eigenvalue weighted by atomic mass is 9.79. The van der Waals surface area contributed by atoms with Crippen LogP contribution in [0, 0.1) is 0 Å². The smallest absolute Gasteiger partial charge is 0.253 e. The van der Waals surface area contributed by atoms with Gasteiger partial charge in [0.25, 0.3) is 5.91 Å². The second kappa shape index (κ2) is 6.98. The minimum absolute atomic E-state index is 0.269. The first-order valence-electron chi connectivity index (χ1n) is 7.92. The molecule has 1 amide bonds. The van der Waals surface area contributed by atoms with E-state index in [-0.39, 0.29) is 5.91 Å². The summed E-state index contributed by atoms with van der Waals surface area (Å²) in [6.45, 7) is 1.14. The lowest BCUT2D eigenvalue weighted by Crippen LogP contribution is -2.61. The summed E-state index contributed by atoms with van der Waals surface area (Å²) in [5.74, 6) is 0.182. The Labute approximate surface area is 140 Å². The lowest BCUT2D eigenvalue weighted by molar-refractivity contribution is 0.0289. The molecular formula is C18H21N3O3. The first-order chi connectivity index (χ1) is 11.7. The normalized spacial score (nSPS) is 23.5. The van der Waals surface area contributed by atoms with E-state index in [2.05, 4.69) is 15.6 Å². The zero-order valence-electron chi connectivity index (χ0n) is 13.5. The molecule has 0 saturated carbocycles. The molecule has 0 bridgehead atoms. The highest BCUT2D eigenvalue weighted by atomic mass is 16.5. The predicted molar refractivity (Wildman–Crippen MR) is 89.9 cm³/mol. The molecule has 2 aromatic rings. The second-order valence-electron chi connectivity index (χ2n) is 5.85. The Morgan fingerprint density at radius 3 is 2.75 bits per heavy atom. The van der Waals surface area contributed by atoms with Crippen molar-refractivity contribution < 1.29 is 14.6 Å². The topological polar surface area (TPSA) is 83.5 Å². The molecule has 126 valence electrons. The number of β-amino-alcohol motifs (C(OH)–C–C–N with tert-alkyl or cyclic N) is 1. The Morgan fingerprint density at radius 1 is 1.33 bits per heavy atom. The van der Waals surface area contributed by atoms with E-state index in [1.807, 2.05) is 30.3 Å². The van der Waals surface area contributed by atoms with Crippen LogP contribution in [0.2, 0.25) is 0 Å². The van der Waals surface area contributed by atoms with Crippen molar-refractivity contribution in [2.45, 2.75) is 18.1 Å². The Balaban J connectivity index is 1.90. The number of aliphatic hydroxyl groups excluding tert-OH is 1. The fourth-order valence-electron chi connectivity index (χ4n) is 3.07. The number of aromatic nitrogens is 1. The summed E-state index contributed by atoms with van der Waals surface area (Å²) in [5.41, 5.74) is 0.509. The number of pyridine rings is 1. The summed E-state index contributed by atoms with van der Waals surface area (Å²) >= 11 is 0. The van der Waals surface area contributed by atoms with Crippen molar-refractivity contribution in [3.05, 3.63) is 59.8 Å². The van der Waals surface area contributed by atoms with Gasteiger partial charge in [-0.3, -0.25) is 4.79 Å². The summed E-state index contributed by atoms with van der Waals surface area (Å²) < 4.78 is 5.01. The van der Waals surface area contributed by atoms with Crippen molar-refractivity contribution in [1.82, 2.24) is 15.6 Å². The first-order valence-corrected chi connectivity index (χ1v) is 7.92. The van der Waals surface area contributed by atoms with Gasteiger partial charge in [0.1, 0.15) is 0 Å². The third-order valence-electron chi connectivity index (χ3n) is 4.44. The molecule has 3 rings (SSSR count). The molecule has 6 nitrogen and oxygen atoms in total. The molecule has 1 aromatic heterocycles. The Bertz CT molecular complexity index is 690. The van der Waals surface area contributed by atoms with E-state index in [0.29, 0.717) is 31.0 Å². The number of rotatable bonds is 4. The molecule has 0 radical (unpaired) electrons. The van der Waals surface area contributed by atoms with Crippen LogP contribution in [0.4, 0.5) is 0 Å². The number of carbonyl (C=O) groups is 1. The number of aliphatic hydroxyl groups is 1. The number of amides is 1. The standard InChI is InChI=1S/C18H21N3O3/c1-24-16-8-7-13(11-20-16)17(23)21-18(9-10-19-12-15(18)22)14-5-3-2-4-6-14/h2-8,11,15,19,22H,9-10,12H2,1H3,(H,21,23)/t15-,18+/m1/s1. The number of hydrogen-bond acceptors (Lipinski definition) is 5. The Hall–Kier alpha value is -2.44. The molecule has 6 heteroatoms. The van der Waals surface area contributed by atoms with Gasteiger partial charge >= 0.3 is 0 Å². The average Bonchev–Trinajstić information content (AvgIpc) is 2.64. The van der Waals surface area contributed by atoms with Gasteiger partial charge in [0.15, 0.2) is 0 Å². The van der Waals surface area contributed by atoms with Crippen molar-refractivity contribution in [2.24, 2.45) is 0 Å². The SMILES string of the molecule is COc1ccc(C(=O)N[C@]2(c3ccccc3)CCNC[C@H]2O)cn1. The van der Waals surface area contributed by atoms with E-state index in [1.165, 1.54) is 13.3 Å². The summed E-state index contributed by atoms with van der Waals surface area (Å²) in [7, 11) is 1.53. The average molecular weight is 327 g/mol. The number of piperidine rings is 1. The number of carbonyl (C=O) groups excluding carboxylic acids is 1. The summed E-state index contributed by atoms with van der Waals surface area (Å²) in [6.07, 6.45) is 1.36. The maximum atomic E-state index is 12.7. The maximum Gasteiger partial charge on any atom is 0.253 e. The van der Waals surface area contributed by atoms with E-state index in [0.717, 1.165) is 5.56 Å². The second-order valence-corrected chi connectivity index (χ2v) is 5.85. The fourth-order valence-corrected chi connectivity index (χ4v) is 3.07. The van der Waals surface area contributed by atoms with Crippen LogP contribution in [0.1, 0.15) is 22.3 Å². The van der Waals surface area contributed by atoms with Gasteiger partial charge in [0.05, 0.1) is 24.3 Å². The molecule has 0 unspecified atom stereocenters. The molecule has 1 aromatic carbocycles. The summed E-state index contributed by atoms with van der Waals surface area (Å²) in [6, 6.07) is 12.9. The van der Waals surface area contributed by atoms with Gasteiger partial charge in [-0.2, -0.15) is 0 Å². The van der Waals surface area contributed by atoms with Gasteiger partial charge in [0.2, 0.25) is 5.88 Å². The lowest BCUT2D eigenvalue weighted by Gasteiger charge is -2.43. The number of nitrogens with one attached hydrogen (secondary N) is 2. The van der Waals surface area contributed by atoms with E-state index < -0.39 is 11.6 Å². The third-order valence-corrected chi connectivity index (χ3v) is 4.44. The van der Waals surface area contributed by atoms with Crippen molar-refractivity contribution in [3.8, 4) is 5.88 Å². The molecule has 0 aliphatic carbocycles. The molecular weight excluding hydrogens is 306 g/mol. The quantitative estimate of drug-likeness (QED) is 0.782. The predicted octanol–water partition coefficient (Wildman–Crippen LogP) is 1.07. The Morgan fingerprint density at radius 2 is 2.12 bits per heavy atom. The van der Waals surface area contributed by atoms with Crippen LogP contribution in [0.15, 0.2) is 48.7 Å². The summed E-state index contributed by atoms with van der Waals surface area (Å²) in [4.78, 5) is 16.8. The molecule has 1 fully saturated rings. The third kappa shape index (κ3) is 3.11. The van der Waals surface area contributed by atoms with Crippen LogP contribution in [0.25, 0.3) is 0 Å². The van der Waals surface area contributed by atoms with Crippen LogP contribution in [0.5, 0.6) is 5.88 Å². The Kier molecular flexibility index (Phi) is 4.78. The van der Waals surface area contributed by atoms with Gasteiger partial charge < -0.3 is 20.5 Å². The molecule has 2 heterocycles. The van der Waals surface area contributed by atoms with E-state index in [4.69, 9.17) is 4.74 Å². The van der Waals surface area contributed by atoms with Crippen molar-refractivity contribution in [3.63, 3.8) is 0 Å². The van der Waals surface area contributed by atoms with Crippen LogP contribution in [-0.2, 0) is 5.54 Å². The number of benzene rings is 1. The minimum atomic E-state index is -0.816. The molecule has 2 atom stereocenters. The molecule has 1 saturated heterocycles. The molecule has 24 heavy (non-hydrogen) atoms. The highest BCUT2D eigenvalue weighted by Crippen LogP contribution is 2.31. The number of ether oxygens (including phenoxy) is 1. The maximum absolute atomic E-state index is 12.7. The highest BCUT2D eigenvalue weighted by molar-refractivity contribution is 5.94. The van der Waals surface area contributed by atoms with Crippen LogP contribution < -0.4 is 15.4 Å². The van der Waals surface area contributed by atoms with Crippen molar-refractivity contribution in [2.75, 3.05) is 20.2 Å². The van der Waals surface area contributed by atoms with Gasteiger partial charge in [-0.25, -0.2) is 4.98 Å². The zero-order chi connectivity index (χ0) is 17.0. The van der Waals surface area contributed by atoms with Crippen LogP contribution in [0.3, 0.4) is 0 Å². The monoisotopic (exact) mass is 327 g/mol. The van der Waals surface area contributed by atoms with Crippen LogP contribution >= 0.6 is 0 Å². The zero-order valence-corrected chi connectivity index (χ0v) is 13.5. The number of nitrogens with zero attached hydrogens (tertiary/aromatic N) is 1. The van der Waals surface area contributed by atoms with Gasteiger partial charge in [0, 0.05) is 18.8 Å². The van der Waals surface area contributed by atoms with E-state index >= 15 is 0 Å². The largest absolute Gasteiger partial charge is 0.481 e. The van der Waals surface area contributed by atoms with Gasteiger partial charge in [-0.15, -0.1) is 0 Å². The molecule has 3 N–H and O–H groups in total. The number of hydrogen-bond donors (Lipinski definition) is 3. The highest BCUT2D eigenvalue weighted by Gasteiger charge is 2.42. The fraction of sp³-hybridized carbons (Fsp3) is 0.333. The molecule has 0 spiro atoms. The van der Waals surface area contributed by atoms with Crippen LogP contribution in [-0.4, -0.2) is 42.3 Å². The molecule has 1 aliphatic rings. The minimum Gasteiger partial charge on any atom is -0.481 e. The summed E-state index contributed by atoms with van der Waals surface area (Å²) in [5, 5.41) is 16.8. The van der Waals surface area contributed by atoms with Gasteiger partial charge in [-0.05, 0) is 24.6 Å². The van der Waals surface area contributed by atoms with Gasteiger partial charge in [-0.1, -0.05) is 30.3 Å². The van der Waals surface area contributed by atoms with E-state index in [1.54, 1.807) is 12.1 Å².